The molecule has 1 aromatic carbocycles. The summed E-state index contributed by atoms with van der Waals surface area (Å²) < 4.78 is 11.1. The van der Waals surface area contributed by atoms with Gasteiger partial charge in [-0.15, -0.1) is 0 Å². The van der Waals surface area contributed by atoms with Crippen LogP contribution in [0.2, 0.25) is 0 Å². The number of hydrogen-bond donors (Lipinski definition) is 1. The van der Waals surface area contributed by atoms with Crippen LogP contribution in [-0.2, 0) is 4.74 Å². The van der Waals surface area contributed by atoms with Crippen molar-refractivity contribution in [3.8, 4) is 17.6 Å². The molecule has 0 unspecified atom stereocenters. The van der Waals surface area contributed by atoms with Gasteiger partial charge in [0.05, 0.1) is 24.8 Å². The molecule has 0 aliphatic rings. The Bertz CT molecular complexity index is 430. The van der Waals surface area contributed by atoms with Crippen molar-refractivity contribution in [3.63, 3.8) is 0 Å². The van der Waals surface area contributed by atoms with Gasteiger partial charge < -0.3 is 15.2 Å². The third-order valence-electron chi connectivity index (χ3n) is 2.25. The molecule has 0 aromatic heterocycles. The number of benzene rings is 1. The molecule has 0 amide bonds. The van der Waals surface area contributed by atoms with E-state index >= 15 is 0 Å². The first-order chi connectivity index (χ1) is 8.63. The Balaban J connectivity index is 2.63. The summed E-state index contributed by atoms with van der Waals surface area (Å²) in [6.07, 6.45) is 0.225. The van der Waals surface area contributed by atoms with Crippen LogP contribution in [0.3, 0.4) is 0 Å². The van der Waals surface area contributed by atoms with Crippen LogP contribution in [0, 0.1) is 18.8 Å². The molecule has 0 saturated carbocycles. The molecule has 1 rings (SSSR count). The summed E-state index contributed by atoms with van der Waals surface area (Å²) in [4.78, 5) is 0. The molecule has 0 bridgehead atoms. The summed E-state index contributed by atoms with van der Waals surface area (Å²) in [6, 6.07) is 5.94. The van der Waals surface area contributed by atoms with Crippen molar-refractivity contribution in [1.82, 2.24) is 0 Å². The van der Waals surface area contributed by atoms with E-state index in [0.29, 0.717) is 19.8 Å². The van der Waals surface area contributed by atoms with Gasteiger partial charge in [0, 0.05) is 0 Å². The largest absolute Gasteiger partial charge is 0.490 e. The highest BCUT2D eigenvalue weighted by Gasteiger charge is 2.02. The normalized spacial score (nSPS) is 10.1. The van der Waals surface area contributed by atoms with Gasteiger partial charge in [-0.05, 0) is 38.5 Å². The second-order valence-corrected chi connectivity index (χ2v) is 4.27. The smallest absolute Gasteiger partial charge is 0.135 e. The van der Waals surface area contributed by atoms with Crippen LogP contribution >= 0.6 is 0 Å². The van der Waals surface area contributed by atoms with Gasteiger partial charge in [-0.25, -0.2) is 0 Å². The van der Waals surface area contributed by atoms with Crippen LogP contribution in [0.4, 0.5) is 0 Å². The van der Waals surface area contributed by atoms with E-state index in [1.807, 2.05) is 39.0 Å². The average Bonchev–Trinajstić information content (AvgIpc) is 2.33. The zero-order valence-electron chi connectivity index (χ0n) is 11.3. The van der Waals surface area contributed by atoms with Crippen molar-refractivity contribution in [2.45, 2.75) is 26.9 Å². The van der Waals surface area contributed by atoms with E-state index in [2.05, 4.69) is 11.8 Å². The summed E-state index contributed by atoms with van der Waals surface area (Å²) in [5.74, 6) is 6.66. The molecule has 1 aromatic rings. The van der Waals surface area contributed by atoms with E-state index in [0.717, 1.165) is 16.9 Å². The lowest BCUT2D eigenvalue weighted by molar-refractivity contribution is 0.0552. The molecule has 0 atom stereocenters. The highest BCUT2D eigenvalue weighted by atomic mass is 16.5. The Morgan fingerprint density at radius 3 is 2.72 bits per heavy atom. The minimum absolute atomic E-state index is 0.225. The van der Waals surface area contributed by atoms with Gasteiger partial charge in [-0.3, -0.25) is 0 Å². The van der Waals surface area contributed by atoms with Crippen molar-refractivity contribution in [1.29, 1.82) is 0 Å². The van der Waals surface area contributed by atoms with Crippen molar-refractivity contribution < 1.29 is 9.47 Å². The van der Waals surface area contributed by atoms with Crippen molar-refractivity contribution in [2.24, 2.45) is 5.73 Å². The standard InChI is InChI=1S/C15H21NO2/c1-12(2)17-9-10-18-15-7-6-13(3)11-14(15)5-4-8-16/h6-7,11-12H,8-10,16H2,1-3H3. The molecule has 0 fully saturated rings. The topological polar surface area (TPSA) is 44.5 Å². The number of hydrogen-bond acceptors (Lipinski definition) is 3. The fraction of sp³-hybridized carbons (Fsp3) is 0.467. The van der Waals surface area contributed by atoms with Crippen molar-refractivity contribution >= 4 is 0 Å². The van der Waals surface area contributed by atoms with Crippen LogP contribution in [0.15, 0.2) is 18.2 Å². The monoisotopic (exact) mass is 247 g/mol. The van der Waals surface area contributed by atoms with E-state index in [9.17, 15) is 0 Å². The lowest BCUT2D eigenvalue weighted by Gasteiger charge is -2.11. The maximum absolute atomic E-state index is 5.67. The lowest BCUT2D eigenvalue weighted by Crippen LogP contribution is -2.11. The molecule has 0 aliphatic heterocycles. The van der Waals surface area contributed by atoms with E-state index in [1.54, 1.807) is 0 Å². The average molecular weight is 247 g/mol. The molecule has 0 radical (unpaired) electrons. The summed E-state index contributed by atoms with van der Waals surface area (Å²) >= 11 is 0. The number of rotatable bonds is 5. The van der Waals surface area contributed by atoms with Crippen molar-refractivity contribution in [2.75, 3.05) is 19.8 Å². The molecule has 0 spiro atoms. The fourth-order valence-electron chi connectivity index (χ4n) is 1.45. The summed E-state index contributed by atoms with van der Waals surface area (Å²) in [7, 11) is 0. The van der Waals surface area contributed by atoms with Gasteiger partial charge in [0.25, 0.3) is 0 Å². The minimum Gasteiger partial charge on any atom is -0.490 e. The van der Waals surface area contributed by atoms with E-state index < -0.39 is 0 Å². The summed E-state index contributed by atoms with van der Waals surface area (Å²) in [6.45, 7) is 7.49. The molecular formula is C15H21NO2. The van der Waals surface area contributed by atoms with Gasteiger partial charge in [0.2, 0.25) is 0 Å². The Morgan fingerprint density at radius 1 is 1.28 bits per heavy atom. The number of ether oxygens (including phenoxy) is 2. The summed E-state index contributed by atoms with van der Waals surface area (Å²) in [5, 5.41) is 0. The van der Waals surface area contributed by atoms with Crippen LogP contribution < -0.4 is 10.5 Å². The van der Waals surface area contributed by atoms with Crippen LogP contribution in [0.1, 0.15) is 25.0 Å². The van der Waals surface area contributed by atoms with E-state index in [1.165, 1.54) is 0 Å². The number of aryl methyl sites for hydroxylation is 1. The molecule has 0 saturated heterocycles. The molecule has 2 N–H and O–H groups in total. The van der Waals surface area contributed by atoms with Crippen LogP contribution in [0.5, 0.6) is 5.75 Å². The zero-order chi connectivity index (χ0) is 13.4. The first-order valence-electron chi connectivity index (χ1n) is 6.17. The van der Waals surface area contributed by atoms with E-state index in [4.69, 9.17) is 15.2 Å². The molecular weight excluding hydrogens is 226 g/mol. The molecule has 3 nitrogen and oxygen atoms in total. The molecule has 98 valence electrons. The van der Waals surface area contributed by atoms with Gasteiger partial charge >= 0.3 is 0 Å². The fourth-order valence-corrected chi connectivity index (χ4v) is 1.45. The van der Waals surface area contributed by atoms with Gasteiger partial charge in [-0.2, -0.15) is 0 Å². The SMILES string of the molecule is Cc1ccc(OCCOC(C)C)c(C#CCN)c1. The van der Waals surface area contributed by atoms with Gasteiger partial charge in [0.15, 0.2) is 0 Å². The highest BCUT2D eigenvalue weighted by Crippen LogP contribution is 2.18. The van der Waals surface area contributed by atoms with Crippen LogP contribution in [-0.4, -0.2) is 25.9 Å². The lowest BCUT2D eigenvalue weighted by atomic mass is 10.1. The third-order valence-corrected chi connectivity index (χ3v) is 2.25. The van der Waals surface area contributed by atoms with Crippen LogP contribution in [0.25, 0.3) is 0 Å². The number of nitrogens with two attached hydrogens (primary N) is 1. The molecule has 18 heavy (non-hydrogen) atoms. The molecule has 3 heteroatoms. The maximum Gasteiger partial charge on any atom is 0.135 e. The Kier molecular flexibility index (Phi) is 6.27. The van der Waals surface area contributed by atoms with E-state index in [-0.39, 0.29) is 6.10 Å². The third kappa shape index (κ3) is 5.22. The van der Waals surface area contributed by atoms with Gasteiger partial charge in [0.1, 0.15) is 12.4 Å². The summed E-state index contributed by atoms with van der Waals surface area (Å²) in [5.41, 5.74) is 7.42. The predicted octanol–water partition coefficient (Wildman–Crippen LogP) is 2.11. The highest BCUT2D eigenvalue weighted by molar-refractivity contribution is 5.48. The minimum atomic E-state index is 0.225. The molecule has 0 heterocycles. The first-order valence-corrected chi connectivity index (χ1v) is 6.17. The Labute approximate surface area is 109 Å². The predicted molar refractivity (Wildman–Crippen MR) is 73.7 cm³/mol. The Morgan fingerprint density at radius 2 is 2.06 bits per heavy atom. The van der Waals surface area contributed by atoms with Gasteiger partial charge in [-0.1, -0.05) is 17.9 Å². The molecule has 0 aliphatic carbocycles. The first kappa shape index (κ1) is 14.6. The van der Waals surface area contributed by atoms with Crippen molar-refractivity contribution in [3.05, 3.63) is 29.3 Å². The Hall–Kier alpha value is -1.50. The quantitative estimate of drug-likeness (QED) is 0.640. The second-order valence-electron chi connectivity index (χ2n) is 4.27. The second kappa shape index (κ2) is 7.75. The maximum atomic E-state index is 5.67. The zero-order valence-corrected chi connectivity index (χ0v) is 11.3.